The predicted octanol–water partition coefficient (Wildman–Crippen LogP) is 1.94. The number of hydrogen-bond acceptors (Lipinski definition) is 2. The molecule has 2 heteroatoms. The molecule has 1 radical (unpaired) electrons. The highest BCUT2D eigenvalue weighted by molar-refractivity contribution is 5.70. The van der Waals surface area contributed by atoms with Crippen molar-refractivity contribution >= 4 is 5.97 Å². The quantitative estimate of drug-likeness (QED) is 0.562. The van der Waals surface area contributed by atoms with Gasteiger partial charge in [-0.1, -0.05) is 13.8 Å². The van der Waals surface area contributed by atoms with Gasteiger partial charge in [-0.05, 0) is 19.8 Å². The second kappa shape index (κ2) is 5.27. The molecule has 0 amide bonds. The molecule has 0 aliphatic carbocycles. The van der Waals surface area contributed by atoms with Crippen LogP contribution in [0.25, 0.3) is 0 Å². The Bertz CT molecular complexity index is 95.4. The Morgan fingerprint density at radius 1 is 1.50 bits per heavy atom. The van der Waals surface area contributed by atoms with Crippen LogP contribution in [0.5, 0.6) is 0 Å². The van der Waals surface area contributed by atoms with Crippen molar-refractivity contribution in [3.8, 4) is 0 Å². The summed E-state index contributed by atoms with van der Waals surface area (Å²) in [6.07, 6.45) is 2.11. The molecule has 0 aliphatic heterocycles. The zero-order valence-corrected chi connectivity index (χ0v) is 6.72. The molecule has 0 unspecified atom stereocenters. The first kappa shape index (κ1) is 9.47. The third kappa shape index (κ3) is 3.49. The first-order valence-electron chi connectivity index (χ1n) is 3.73. The zero-order valence-electron chi connectivity index (χ0n) is 6.72. The van der Waals surface area contributed by atoms with Gasteiger partial charge < -0.3 is 4.74 Å². The number of carbonyl (C=O) groups excluding carboxylic acids is 1. The predicted molar refractivity (Wildman–Crippen MR) is 40.4 cm³/mol. The third-order valence-electron chi connectivity index (χ3n) is 1.41. The highest BCUT2D eigenvalue weighted by Crippen LogP contribution is 2.03. The van der Waals surface area contributed by atoms with Crippen molar-refractivity contribution in [1.82, 2.24) is 0 Å². The minimum atomic E-state index is -0.200. The molecule has 59 valence electrons. The molecule has 0 aromatic rings. The number of rotatable bonds is 4. The molecule has 0 saturated heterocycles. The first-order chi connectivity index (χ1) is 4.74. The van der Waals surface area contributed by atoms with Crippen LogP contribution in [0.15, 0.2) is 0 Å². The van der Waals surface area contributed by atoms with Crippen molar-refractivity contribution in [3.63, 3.8) is 0 Å². The van der Waals surface area contributed by atoms with Crippen LogP contribution in [0, 0.1) is 6.92 Å². The van der Waals surface area contributed by atoms with Gasteiger partial charge in [0.15, 0.2) is 0 Å². The van der Waals surface area contributed by atoms with E-state index in [1.54, 1.807) is 0 Å². The summed E-state index contributed by atoms with van der Waals surface area (Å²) in [6, 6.07) is 0. The lowest BCUT2D eigenvalue weighted by Gasteiger charge is -2.12. The molecular formula is C8H15O2. The van der Waals surface area contributed by atoms with Gasteiger partial charge in [-0.15, -0.1) is 0 Å². The van der Waals surface area contributed by atoms with Gasteiger partial charge in [0.2, 0.25) is 0 Å². The smallest absolute Gasteiger partial charge is 0.306 e. The summed E-state index contributed by atoms with van der Waals surface area (Å²) in [5, 5.41) is 0. The summed E-state index contributed by atoms with van der Waals surface area (Å²) in [7, 11) is 0. The molecule has 0 heterocycles. The Morgan fingerprint density at radius 2 is 2.00 bits per heavy atom. The molecule has 0 aromatic carbocycles. The van der Waals surface area contributed by atoms with E-state index in [2.05, 4.69) is 6.92 Å². The van der Waals surface area contributed by atoms with Crippen LogP contribution >= 0.6 is 0 Å². The molecular weight excluding hydrogens is 128 g/mol. The maximum Gasteiger partial charge on any atom is 0.306 e. The molecule has 0 rings (SSSR count). The van der Waals surface area contributed by atoms with Crippen LogP contribution in [-0.4, -0.2) is 12.1 Å². The van der Waals surface area contributed by atoms with Crippen LogP contribution in [0.4, 0.5) is 0 Å². The normalized spacial score (nSPS) is 10.0. The number of hydrogen-bond donors (Lipinski definition) is 0. The fourth-order valence-corrected chi connectivity index (χ4v) is 0.700. The lowest BCUT2D eigenvalue weighted by molar-refractivity contribution is -0.148. The van der Waals surface area contributed by atoms with E-state index in [1.165, 1.54) is 0 Å². The molecule has 0 saturated carbocycles. The van der Waals surface area contributed by atoms with Gasteiger partial charge >= 0.3 is 5.97 Å². The molecule has 0 aliphatic rings. The van der Waals surface area contributed by atoms with E-state index in [0.717, 1.165) is 12.8 Å². The Morgan fingerprint density at radius 3 is 2.30 bits per heavy atom. The monoisotopic (exact) mass is 143 g/mol. The summed E-state index contributed by atoms with van der Waals surface area (Å²) in [5.74, 6) is -0.200. The van der Waals surface area contributed by atoms with E-state index in [4.69, 9.17) is 4.74 Å². The van der Waals surface area contributed by atoms with Gasteiger partial charge in [0, 0.05) is 6.42 Å². The fourth-order valence-electron chi connectivity index (χ4n) is 0.700. The molecule has 0 N–H and O–H groups in total. The summed E-state index contributed by atoms with van der Waals surface area (Å²) >= 11 is 0. The van der Waals surface area contributed by atoms with Crippen molar-refractivity contribution in [2.75, 3.05) is 0 Å². The molecule has 0 fully saturated rings. The largest absolute Gasteiger partial charge is 0.462 e. The topological polar surface area (TPSA) is 26.3 Å². The van der Waals surface area contributed by atoms with Gasteiger partial charge in [0.05, 0.1) is 0 Å². The summed E-state index contributed by atoms with van der Waals surface area (Å²) in [5.41, 5.74) is 0. The molecule has 0 bridgehead atoms. The van der Waals surface area contributed by atoms with E-state index < -0.39 is 0 Å². The molecule has 10 heavy (non-hydrogen) atoms. The number of ether oxygens (including phenoxy) is 1. The lowest BCUT2D eigenvalue weighted by Crippen LogP contribution is -2.15. The number of carbonyl (C=O) groups is 1. The van der Waals surface area contributed by atoms with Crippen LogP contribution in [0.1, 0.15) is 33.1 Å². The molecule has 0 spiro atoms. The maximum absolute atomic E-state index is 10.7. The Kier molecular flexibility index (Phi) is 4.99. The SMILES string of the molecule is [CH2]CC(=O)OC(CC)CC. The van der Waals surface area contributed by atoms with Crippen molar-refractivity contribution in [3.05, 3.63) is 6.92 Å². The number of esters is 1. The Balaban J connectivity index is 3.52. The van der Waals surface area contributed by atoms with Crippen LogP contribution < -0.4 is 0 Å². The van der Waals surface area contributed by atoms with Crippen molar-refractivity contribution in [1.29, 1.82) is 0 Å². The van der Waals surface area contributed by atoms with Crippen molar-refractivity contribution in [2.24, 2.45) is 0 Å². The van der Waals surface area contributed by atoms with E-state index in [9.17, 15) is 4.79 Å². The Labute approximate surface area is 62.6 Å². The average molecular weight is 143 g/mol. The minimum Gasteiger partial charge on any atom is -0.462 e. The maximum atomic E-state index is 10.7. The minimum absolute atomic E-state index is 0.0919. The lowest BCUT2D eigenvalue weighted by atomic mass is 10.2. The standard InChI is InChI=1S/C8H15O2/c1-4-7(5-2)10-8(9)6-3/h7H,3-6H2,1-2H3. The molecule has 0 aromatic heterocycles. The first-order valence-corrected chi connectivity index (χ1v) is 3.73. The van der Waals surface area contributed by atoms with Gasteiger partial charge in [-0.2, -0.15) is 0 Å². The fraction of sp³-hybridized carbons (Fsp3) is 0.750. The average Bonchev–Trinajstić information content (AvgIpc) is 1.99. The van der Waals surface area contributed by atoms with E-state index in [-0.39, 0.29) is 18.5 Å². The van der Waals surface area contributed by atoms with Gasteiger partial charge in [0.1, 0.15) is 6.10 Å². The van der Waals surface area contributed by atoms with Gasteiger partial charge in [-0.25, -0.2) is 0 Å². The van der Waals surface area contributed by atoms with Crippen LogP contribution in [-0.2, 0) is 9.53 Å². The van der Waals surface area contributed by atoms with E-state index >= 15 is 0 Å². The zero-order chi connectivity index (χ0) is 7.98. The second-order valence-corrected chi connectivity index (χ2v) is 2.18. The Hall–Kier alpha value is -0.530. The summed E-state index contributed by atoms with van der Waals surface area (Å²) < 4.78 is 5.00. The van der Waals surface area contributed by atoms with Crippen molar-refractivity contribution in [2.45, 2.75) is 39.2 Å². The summed E-state index contributed by atoms with van der Waals surface area (Å²) in [6.45, 7) is 7.44. The van der Waals surface area contributed by atoms with Crippen molar-refractivity contribution < 1.29 is 9.53 Å². The third-order valence-corrected chi connectivity index (χ3v) is 1.41. The highest BCUT2D eigenvalue weighted by Gasteiger charge is 2.07. The van der Waals surface area contributed by atoms with Gasteiger partial charge in [-0.3, -0.25) is 4.79 Å². The van der Waals surface area contributed by atoms with E-state index in [1.807, 2.05) is 13.8 Å². The van der Waals surface area contributed by atoms with E-state index in [0.29, 0.717) is 0 Å². The highest BCUT2D eigenvalue weighted by atomic mass is 16.5. The summed E-state index contributed by atoms with van der Waals surface area (Å²) in [4.78, 5) is 10.7. The van der Waals surface area contributed by atoms with Gasteiger partial charge in [0.25, 0.3) is 0 Å². The molecule has 2 nitrogen and oxygen atoms in total. The van der Waals surface area contributed by atoms with Crippen LogP contribution in [0.2, 0.25) is 0 Å². The van der Waals surface area contributed by atoms with Crippen LogP contribution in [0.3, 0.4) is 0 Å². The molecule has 0 atom stereocenters. The second-order valence-electron chi connectivity index (χ2n) is 2.18.